The van der Waals surface area contributed by atoms with Gasteiger partial charge in [0.2, 0.25) is 15.9 Å². The highest BCUT2D eigenvalue weighted by Gasteiger charge is 2.20. The Morgan fingerprint density at radius 1 is 1.13 bits per heavy atom. The minimum atomic E-state index is -3.82. The van der Waals surface area contributed by atoms with Crippen molar-refractivity contribution >= 4 is 15.9 Å². The van der Waals surface area contributed by atoms with Gasteiger partial charge in [-0.3, -0.25) is 10.0 Å². The third-order valence-corrected chi connectivity index (χ3v) is 5.46. The second-order valence-electron chi connectivity index (χ2n) is 6.52. The molecule has 1 amide bonds. The van der Waals surface area contributed by atoms with Crippen molar-refractivity contribution in [3.8, 4) is 28.1 Å². The lowest BCUT2D eigenvalue weighted by Gasteiger charge is -2.07. The van der Waals surface area contributed by atoms with E-state index in [2.05, 4.69) is 5.16 Å². The molecule has 3 aromatic rings. The lowest BCUT2D eigenvalue weighted by atomic mass is 9.97. The Morgan fingerprint density at radius 2 is 1.77 bits per heavy atom. The molecule has 1 aromatic heterocycles. The number of carbonyl (C=O) groups is 1. The molecule has 10 heteroatoms. The van der Waals surface area contributed by atoms with Crippen molar-refractivity contribution in [1.82, 2.24) is 10.6 Å². The maximum atomic E-state index is 11.6. The van der Waals surface area contributed by atoms with E-state index < -0.39 is 15.9 Å². The van der Waals surface area contributed by atoms with Crippen LogP contribution in [-0.2, 0) is 21.2 Å². The molecular weight excluding hydrogens is 410 g/mol. The number of aryl methyl sites for hydroxylation is 1. The van der Waals surface area contributed by atoms with Gasteiger partial charge in [0.1, 0.15) is 17.2 Å². The largest absolute Gasteiger partial charge is 0.497 e. The van der Waals surface area contributed by atoms with Crippen molar-refractivity contribution in [2.45, 2.75) is 24.2 Å². The van der Waals surface area contributed by atoms with Gasteiger partial charge in [-0.2, -0.15) is 0 Å². The van der Waals surface area contributed by atoms with Crippen molar-refractivity contribution in [2.75, 3.05) is 7.11 Å². The van der Waals surface area contributed by atoms with Crippen LogP contribution in [0.2, 0.25) is 0 Å². The zero-order valence-corrected chi connectivity index (χ0v) is 17.0. The number of nitrogens with zero attached hydrogens (tertiary/aromatic N) is 1. The van der Waals surface area contributed by atoms with Crippen molar-refractivity contribution in [2.24, 2.45) is 5.14 Å². The van der Waals surface area contributed by atoms with Crippen LogP contribution in [0.1, 0.15) is 18.6 Å². The molecule has 0 saturated heterocycles. The van der Waals surface area contributed by atoms with Crippen LogP contribution in [0.25, 0.3) is 22.4 Å². The van der Waals surface area contributed by atoms with Crippen LogP contribution in [0.4, 0.5) is 0 Å². The summed E-state index contributed by atoms with van der Waals surface area (Å²) >= 11 is 0. The molecule has 0 unspecified atom stereocenters. The van der Waals surface area contributed by atoms with E-state index in [4.69, 9.17) is 19.6 Å². The van der Waals surface area contributed by atoms with Gasteiger partial charge in [0.05, 0.1) is 17.6 Å². The van der Waals surface area contributed by atoms with Crippen LogP contribution in [0.15, 0.2) is 57.9 Å². The first-order chi connectivity index (χ1) is 14.3. The number of hydrogen-bond acceptors (Lipinski definition) is 7. The smallest absolute Gasteiger partial charge is 0.243 e. The van der Waals surface area contributed by atoms with E-state index in [1.807, 2.05) is 12.1 Å². The normalized spacial score (nSPS) is 11.3. The molecule has 0 fully saturated rings. The molecule has 0 aliphatic rings. The first-order valence-electron chi connectivity index (χ1n) is 9.02. The molecule has 9 nitrogen and oxygen atoms in total. The molecule has 0 aliphatic heterocycles. The van der Waals surface area contributed by atoms with Crippen LogP contribution >= 0.6 is 0 Å². The lowest BCUT2D eigenvalue weighted by Crippen LogP contribution is -2.18. The Bertz CT molecular complexity index is 1120. The monoisotopic (exact) mass is 431 g/mol. The number of hydrogen-bond donors (Lipinski definition) is 3. The van der Waals surface area contributed by atoms with E-state index in [9.17, 15) is 13.2 Å². The van der Waals surface area contributed by atoms with Crippen LogP contribution in [-0.4, -0.2) is 31.8 Å². The van der Waals surface area contributed by atoms with Crippen molar-refractivity contribution in [3.63, 3.8) is 0 Å². The highest BCUT2D eigenvalue weighted by Crippen LogP contribution is 2.36. The maximum Gasteiger partial charge on any atom is 0.243 e. The number of ether oxygens (including phenoxy) is 1. The SMILES string of the molecule is COc1ccc(-c2noc(CCCC(=O)NO)c2-c2ccc(S(N)(=O)=O)cc2)cc1. The molecule has 4 N–H and O–H groups in total. The van der Waals surface area contributed by atoms with Gasteiger partial charge in [0, 0.05) is 18.4 Å². The average molecular weight is 431 g/mol. The number of nitrogens with two attached hydrogens (primary N) is 1. The molecule has 1 heterocycles. The summed E-state index contributed by atoms with van der Waals surface area (Å²) in [5.74, 6) is 0.732. The Kier molecular flexibility index (Phi) is 6.50. The first kappa shape index (κ1) is 21.5. The van der Waals surface area contributed by atoms with E-state index in [0.717, 1.165) is 5.56 Å². The Hall–Kier alpha value is -3.21. The van der Waals surface area contributed by atoms with Gasteiger partial charge in [0.25, 0.3) is 0 Å². The number of nitrogens with one attached hydrogen (secondary N) is 1. The van der Waals surface area contributed by atoms with Gasteiger partial charge in [-0.05, 0) is 48.4 Å². The van der Waals surface area contributed by atoms with Gasteiger partial charge in [-0.15, -0.1) is 0 Å². The lowest BCUT2D eigenvalue weighted by molar-refractivity contribution is -0.129. The van der Waals surface area contributed by atoms with Gasteiger partial charge < -0.3 is 9.26 Å². The molecule has 0 spiro atoms. The standard InChI is InChI=1S/C20H21N3O6S/c1-28-15-9-5-14(6-10-15)20-19(13-7-11-16(12-8-13)30(21,26)27)17(29-23-20)3-2-4-18(24)22-25/h5-12,25H,2-4H2,1H3,(H,22,24)(H2,21,26,27). The van der Waals surface area contributed by atoms with Gasteiger partial charge in [-0.25, -0.2) is 19.0 Å². The molecule has 158 valence electrons. The molecule has 0 bridgehead atoms. The van der Waals surface area contributed by atoms with Crippen molar-refractivity contribution < 1.29 is 27.7 Å². The summed E-state index contributed by atoms with van der Waals surface area (Å²) in [5.41, 5.74) is 4.32. The number of amides is 1. The quantitative estimate of drug-likeness (QED) is 0.367. The summed E-state index contributed by atoms with van der Waals surface area (Å²) in [5, 5.41) is 18.0. The van der Waals surface area contributed by atoms with Crippen LogP contribution in [0, 0.1) is 0 Å². The molecule has 0 atom stereocenters. The van der Waals surface area contributed by atoms with Crippen LogP contribution < -0.4 is 15.4 Å². The van der Waals surface area contributed by atoms with E-state index in [1.165, 1.54) is 12.1 Å². The molecule has 0 radical (unpaired) electrons. The predicted octanol–water partition coefficient (Wildman–Crippen LogP) is 2.49. The number of carbonyl (C=O) groups excluding carboxylic acids is 1. The fraction of sp³-hybridized carbons (Fsp3) is 0.200. The number of hydroxylamine groups is 1. The second-order valence-corrected chi connectivity index (χ2v) is 8.08. The minimum absolute atomic E-state index is 0.00475. The van der Waals surface area contributed by atoms with Crippen molar-refractivity contribution in [3.05, 3.63) is 54.3 Å². The minimum Gasteiger partial charge on any atom is -0.497 e. The van der Waals surface area contributed by atoms with Crippen LogP contribution in [0.5, 0.6) is 5.75 Å². The number of rotatable bonds is 8. The average Bonchev–Trinajstić information content (AvgIpc) is 3.17. The Labute approximate surface area is 173 Å². The second kappa shape index (κ2) is 9.08. The molecule has 30 heavy (non-hydrogen) atoms. The van der Waals surface area contributed by atoms with Gasteiger partial charge in [-0.1, -0.05) is 17.3 Å². The third kappa shape index (κ3) is 4.85. The molecule has 0 aliphatic carbocycles. The topological polar surface area (TPSA) is 145 Å². The summed E-state index contributed by atoms with van der Waals surface area (Å²) in [6, 6.07) is 13.3. The Balaban J connectivity index is 2.01. The number of primary sulfonamides is 1. The van der Waals surface area contributed by atoms with Crippen molar-refractivity contribution in [1.29, 1.82) is 0 Å². The summed E-state index contributed by atoms with van der Waals surface area (Å²) in [6.07, 6.45) is 0.924. The third-order valence-electron chi connectivity index (χ3n) is 4.53. The Morgan fingerprint density at radius 3 is 2.33 bits per heavy atom. The zero-order valence-electron chi connectivity index (χ0n) is 16.2. The van der Waals surface area contributed by atoms with Crippen LogP contribution in [0.3, 0.4) is 0 Å². The fourth-order valence-corrected chi connectivity index (χ4v) is 3.53. The highest BCUT2D eigenvalue weighted by atomic mass is 32.2. The molecule has 2 aromatic carbocycles. The zero-order chi connectivity index (χ0) is 21.7. The van der Waals surface area contributed by atoms with E-state index >= 15 is 0 Å². The van der Waals surface area contributed by atoms with E-state index in [0.29, 0.717) is 41.2 Å². The number of methoxy groups -OCH3 is 1. The summed E-state index contributed by atoms with van der Waals surface area (Å²) in [4.78, 5) is 11.3. The van der Waals surface area contributed by atoms with E-state index in [-0.39, 0.29) is 11.3 Å². The molecule has 0 saturated carbocycles. The number of benzene rings is 2. The first-order valence-corrected chi connectivity index (χ1v) is 10.6. The fourth-order valence-electron chi connectivity index (χ4n) is 3.02. The van der Waals surface area contributed by atoms with E-state index in [1.54, 1.807) is 36.9 Å². The predicted molar refractivity (Wildman–Crippen MR) is 108 cm³/mol. The van der Waals surface area contributed by atoms with Gasteiger partial charge >= 0.3 is 0 Å². The highest BCUT2D eigenvalue weighted by molar-refractivity contribution is 7.89. The number of aromatic nitrogens is 1. The summed E-state index contributed by atoms with van der Waals surface area (Å²) < 4.78 is 33.9. The maximum absolute atomic E-state index is 11.6. The number of sulfonamides is 1. The molecule has 3 rings (SSSR count). The summed E-state index contributed by atoms with van der Waals surface area (Å²) in [7, 11) is -2.24. The molecular formula is C20H21N3O6S. The summed E-state index contributed by atoms with van der Waals surface area (Å²) in [6.45, 7) is 0. The van der Waals surface area contributed by atoms with Gasteiger partial charge in [0.15, 0.2) is 0 Å².